The normalized spacial score (nSPS) is 11.7. The Hall–Kier alpha value is -1.64. The van der Waals surface area contributed by atoms with Gasteiger partial charge in [0.25, 0.3) is 0 Å². The minimum Gasteiger partial charge on any atom is -0.492 e. The minimum atomic E-state index is -4.79. The summed E-state index contributed by atoms with van der Waals surface area (Å²) >= 11 is 0. The van der Waals surface area contributed by atoms with Gasteiger partial charge in [-0.25, -0.2) is 0 Å². The van der Waals surface area contributed by atoms with Crippen molar-refractivity contribution in [2.24, 2.45) is 0 Å². The van der Waals surface area contributed by atoms with Crippen LogP contribution in [0.2, 0.25) is 0 Å². The summed E-state index contributed by atoms with van der Waals surface area (Å²) in [5.41, 5.74) is 0.584. The van der Waals surface area contributed by atoms with Gasteiger partial charge in [0, 0.05) is 6.42 Å². The average molecular weight is 293 g/mol. The second kappa shape index (κ2) is 7.22. The third-order valence-electron chi connectivity index (χ3n) is 2.44. The predicted molar refractivity (Wildman–Crippen MR) is 61.6 cm³/mol. The topological polar surface area (TPSA) is 70.0 Å². The van der Waals surface area contributed by atoms with E-state index in [2.05, 4.69) is 0 Å². The number of rotatable bonds is 7. The Kier molecular flexibility index (Phi) is 5.93. The summed E-state index contributed by atoms with van der Waals surface area (Å²) < 4.78 is 41.2. The standard InChI is InChI=1S/C12H14F3NO4/c13-12(14,15)11(17)6-3-9-1-4-10(5-2-9)20-8-7-16(18)19/h1-2,4-5,18-19H,3,6-8H2. The first kappa shape index (κ1) is 16.4. The summed E-state index contributed by atoms with van der Waals surface area (Å²) in [5, 5.41) is 16.9. The van der Waals surface area contributed by atoms with Crippen LogP contribution in [0.25, 0.3) is 0 Å². The lowest BCUT2D eigenvalue weighted by atomic mass is 10.1. The molecule has 0 aliphatic heterocycles. The molecule has 0 spiro atoms. The van der Waals surface area contributed by atoms with Gasteiger partial charge in [-0.1, -0.05) is 17.4 Å². The van der Waals surface area contributed by atoms with E-state index in [0.29, 0.717) is 11.3 Å². The van der Waals surface area contributed by atoms with Crippen LogP contribution in [-0.2, 0) is 11.2 Å². The van der Waals surface area contributed by atoms with Gasteiger partial charge in [0.2, 0.25) is 5.78 Å². The summed E-state index contributed by atoms with van der Waals surface area (Å²) in [4.78, 5) is 10.7. The lowest BCUT2D eigenvalue weighted by molar-refractivity contribution is -0.308. The molecule has 0 aliphatic rings. The number of aryl methyl sites for hydroxylation is 1. The van der Waals surface area contributed by atoms with E-state index in [9.17, 15) is 18.0 Å². The Morgan fingerprint density at radius 2 is 1.80 bits per heavy atom. The molecule has 0 fully saturated rings. The van der Waals surface area contributed by atoms with Crippen LogP contribution in [-0.4, -0.2) is 40.8 Å². The summed E-state index contributed by atoms with van der Waals surface area (Å²) in [7, 11) is 0. The van der Waals surface area contributed by atoms with Crippen molar-refractivity contribution < 1.29 is 33.1 Å². The molecule has 5 nitrogen and oxygen atoms in total. The maximum absolute atomic E-state index is 12.0. The van der Waals surface area contributed by atoms with Gasteiger partial charge in [-0.3, -0.25) is 15.2 Å². The first-order valence-electron chi connectivity index (χ1n) is 5.76. The predicted octanol–water partition coefficient (Wildman–Crippen LogP) is 2.21. The van der Waals surface area contributed by atoms with Gasteiger partial charge < -0.3 is 4.74 Å². The van der Waals surface area contributed by atoms with Crippen molar-refractivity contribution in [3.8, 4) is 5.75 Å². The summed E-state index contributed by atoms with van der Waals surface area (Å²) in [6, 6.07) is 6.17. The van der Waals surface area contributed by atoms with E-state index < -0.39 is 18.4 Å². The molecule has 0 saturated heterocycles. The van der Waals surface area contributed by atoms with E-state index in [4.69, 9.17) is 15.2 Å². The zero-order chi connectivity index (χ0) is 15.2. The SMILES string of the molecule is O=C(CCc1ccc(OCCN(O)O)cc1)C(F)(F)F. The largest absolute Gasteiger partial charge is 0.492 e. The molecule has 8 heteroatoms. The van der Waals surface area contributed by atoms with Crippen molar-refractivity contribution in [2.75, 3.05) is 13.2 Å². The molecule has 1 aromatic rings. The number of ether oxygens (including phenoxy) is 1. The molecular formula is C12H14F3NO4. The van der Waals surface area contributed by atoms with Crippen molar-refractivity contribution in [1.29, 1.82) is 0 Å². The Balaban J connectivity index is 2.41. The third kappa shape index (κ3) is 6.00. The van der Waals surface area contributed by atoms with Crippen molar-refractivity contribution in [1.82, 2.24) is 5.23 Å². The van der Waals surface area contributed by atoms with E-state index in [1.807, 2.05) is 0 Å². The molecule has 0 aromatic heterocycles. The van der Waals surface area contributed by atoms with E-state index in [0.717, 1.165) is 0 Å². The molecule has 112 valence electrons. The summed E-state index contributed by atoms with van der Waals surface area (Å²) in [6.07, 6.45) is -5.38. The molecule has 0 bridgehead atoms. The van der Waals surface area contributed by atoms with Crippen molar-refractivity contribution in [3.05, 3.63) is 29.8 Å². The maximum atomic E-state index is 12.0. The minimum absolute atomic E-state index is 0.000316. The zero-order valence-electron chi connectivity index (χ0n) is 10.4. The molecule has 2 N–H and O–H groups in total. The number of benzene rings is 1. The van der Waals surface area contributed by atoms with Crippen LogP contribution in [0.3, 0.4) is 0 Å². The van der Waals surface area contributed by atoms with Crippen LogP contribution in [0.1, 0.15) is 12.0 Å². The number of hydroxylamine groups is 2. The molecule has 0 aliphatic carbocycles. The quantitative estimate of drug-likeness (QED) is 0.754. The zero-order valence-corrected chi connectivity index (χ0v) is 10.4. The lowest BCUT2D eigenvalue weighted by Crippen LogP contribution is -2.22. The smallest absolute Gasteiger partial charge is 0.449 e. The van der Waals surface area contributed by atoms with Crippen molar-refractivity contribution in [3.63, 3.8) is 0 Å². The second-order valence-corrected chi connectivity index (χ2v) is 4.01. The molecule has 0 unspecified atom stereocenters. The number of nitrogens with zero attached hydrogens (tertiary/aromatic N) is 1. The Labute approximate surface area is 113 Å². The highest BCUT2D eigenvalue weighted by molar-refractivity contribution is 5.84. The van der Waals surface area contributed by atoms with Gasteiger partial charge in [0.05, 0.1) is 6.54 Å². The number of carbonyl (C=O) groups is 1. The van der Waals surface area contributed by atoms with Gasteiger partial charge >= 0.3 is 6.18 Å². The molecule has 20 heavy (non-hydrogen) atoms. The monoisotopic (exact) mass is 293 g/mol. The second-order valence-electron chi connectivity index (χ2n) is 4.01. The number of ketones is 1. The molecule has 0 radical (unpaired) electrons. The average Bonchev–Trinajstić information content (AvgIpc) is 2.36. The van der Waals surface area contributed by atoms with Crippen LogP contribution in [0.4, 0.5) is 13.2 Å². The highest BCUT2D eigenvalue weighted by Gasteiger charge is 2.37. The summed E-state index contributed by atoms with van der Waals surface area (Å²) in [5.74, 6) is -1.30. The van der Waals surface area contributed by atoms with Crippen molar-refractivity contribution in [2.45, 2.75) is 19.0 Å². The first-order chi connectivity index (χ1) is 9.29. The van der Waals surface area contributed by atoms with E-state index in [-0.39, 0.29) is 24.8 Å². The number of hydrogen-bond donors (Lipinski definition) is 2. The fourth-order valence-electron chi connectivity index (χ4n) is 1.40. The number of halogens is 3. The van der Waals surface area contributed by atoms with E-state index >= 15 is 0 Å². The van der Waals surface area contributed by atoms with Gasteiger partial charge in [0.1, 0.15) is 12.4 Å². The molecular weight excluding hydrogens is 279 g/mol. The molecule has 1 aromatic carbocycles. The molecule has 1 rings (SSSR count). The summed E-state index contributed by atoms with van der Waals surface area (Å²) in [6.45, 7) is -0.0687. The highest BCUT2D eigenvalue weighted by atomic mass is 19.4. The first-order valence-corrected chi connectivity index (χ1v) is 5.76. The molecule has 0 amide bonds. The van der Waals surface area contributed by atoms with Crippen LogP contribution >= 0.6 is 0 Å². The number of carbonyl (C=O) groups excluding carboxylic acids is 1. The molecule has 0 heterocycles. The van der Waals surface area contributed by atoms with E-state index in [1.165, 1.54) is 12.1 Å². The van der Waals surface area contributed by atoms with Crippen LogP contribution in [0, 0.1) is 0 Å². The number of hydrogen-bond acceptors (Lipinski definition) is 5. The lowest BCUT2D eigenvalue weighted by Gasteiger charge is -2.09. The van der Waals surface area contributed by atoms with Crippen LogP contribution < -0.4 is 4.74 Å². The van der Waals surface area contributed by atoms with Crippen LogP contribution in [0.5, 0.6) is 5.75 Å². The van der Waals surface area contributed by atoms with Gasteiger partial charge in [0.15, 0.2) is 0 Å². The third-order valence-corrected chi connectivity index (χ3v) is 2.44. The highest BCUT2D eigenvalue weighted by Crippen LogP contribution is 2.20. The Morgan fingerprint density at radius 1 is 1.20 bits per heavy atom. The Bertz CT molecular complexity index is 431. The van der Waals surface area contributed by atoms with Crippen LogP contribution in [0.15, 0.2) is 24.3 Å². The number of Topliss-reactive ketones (excluding diaryl/α,β-unsaturated/α-hetero) is 1. The van der Waals surface area contributed by atoms with E-state index in [1.54, 1.807) is 12.1 Å². The van der Waals surface area contributed by atoms with Gasteiger partial charge in [-0.15, -0.1) is 0 Å². The molecule has 0 saturated carbocycles. The van der Waals surface area contributed by atoms with Gasteiger partial charge in [-0.05, 0) is 24.1 Å². The van der Waals surface area contributed by atoms with Crippen molar-refractivity contribution >= 4 is 5.78 Å². The Morgan fingerprint density at radius 3 is 2.30 bits per heavy atom. The fraction of sp³-hybridized carbons (Fsp3) is 0.417. The fourth-order valence-corrected chi connectivity index (χ4v) is 1.40. The molecule has 0 atom stereocenters. The van der Waals surface area contributed by atoms with Gasteiger partial charge in [-0.2, -0.15) is 13.2 Å². The maximum Gasteiger partial charge on any atom is 0.449 e. The number of alkyl halides is 3.